The largest absolute Gasteiger partial charge is 0.465 e. The molecule has 0 aliphatic carbocycles. The second kappa shape index (κ2) is 6.94. The molecule has 1 aromatic heterocycles. The summed E-state index contributed by atoms with van der Waals surface area (Å²) in [5.74, 6) is -2.06. The fraction of sp³-hybridized carbons (Fsp3) is 0.154. The number of carbonyl (C=O) groups is 2. The van der Waals surface area contributed by atoms with Crippen LogP contribution in [0.4, 0.5) is 13.6 Å². The van der Waals surface area contributed by atoms with Crippen molar-refractivity contribution in [2.45, 2.75) is 0 Å². The van der Waals surface area contributed by atoms with E-state index in [1.54, 1.807) is 0 Å². The lowest BCUT2D eigenvalue weighted by Crippen LogP contribution is -2.34. The molecule has 2 rings (SSSR count). The maximum Gasteiger partial charge on any atom is 0.404 e. The Hall–Kier alpha value is -2.55. The molecule has 116 valence electrons. The van der Waals surface area contributed by atoms with E-state index in [1.165, 1.54) is 11.6 Å². The number of benzene rings is 1. The van der Waals surface area contributed by atoms with Gasteiger partial charge >= 0.3 is 6.09 Å². The molecule has 9 heteroatoms. The van der Waals surface area contributed by atoms with Crippen molar-refractivity contribution in [2.24, 2.45) is 0 Å². The lowest BCUT2D eigenvalue weighted by Gasteiger charge is -2.06. The minimum Gasteiger partial charge on any atom is -0.465 e. The zero-order valence-corrected chi connectivity index (χ0v) is 11.9. The van der Waals surface area contributed by atoms with E-state index >= 15 is 0 Å². The molecule has 2 aromatic rings. The van der Waals surface area contributed by atoms with E-state index in [1.807, 2.05) is 0 Å². The van der Waals surface area contributed by atoms with E-state index in [0.717, 1.165) is 23.5 Å². The van der Waals surface area contributed by atoms with Crippen LogP contribution in [0.25, 0.3) is 10.4 Å². The van der Waals surface area contributed by atoms with Gasteiger partial charge in [0.25, 0.3) is 5.91 Å². The fourth-order valence-electron chi connectivity index (χ4n) is 1.70. The normalized spacial score (nSPS) is 10.3. The molecule has 22 heavy (non-hydrogen) atoms. The van der Waals surface area contributed by atoms with Crippen molar-refractivity contribution in [1.82, 2.24) is 15.6 Å². The van der Waals surface area contributed by atoms with Gasteiger partial charge in [-0.2, -0.15) is 0 Å². The van der Waals surface area contributed by atoms with Gasteiger partial charge in [-0.15, -0.1) is 11.3 Å². The van der Waals surface area contributed by atoms with Crippen LogP contribution < -0.4 is 10.6 Å². The SMILES string of the molecule is O=C(O)NCCNC(=O)c1ncsc1-c1ccc(F)cc1F. The minimum absolute atomic E-state index is 0.00540. The highest BCUT2D eigenvalue weighted by Gasteiger charge is 2.18. The van der Waals surface area contributed by atoms with Crippen LogP contribution in [0.15, 0.2) is 23.7 Å². The Labute approximate surface area is 127 Å². The number of nitrogens with one attached hydrogen (secondary N) is 2. The first-order valence-electron chi connectivity index (χ1n) is 6.13. The first-order valence-corrected chi connectivity index (χ1v) is 7.01. The summed E-state index contributed by atoms with van der Waals surface area (Å²) in [6, 6.07) is 3.06. The van der Waals surface area contributed by atoms with Crippen LogP contribution in [0.2, 0.25) is 0 Å². The lowest BCUT2D eigenvalue weighted by atomic mass is 10.1. The molecule has 3 N–H and O–H groups in total. The predicted octanol–water partition coefficient (Wildman–Crippen LogP) is 2.09. The molecule has 0 spiro atoms. The van der Waals surface area contributed by atoms with Gasteiger partial charge in [-0.25, -0.2) is 18.6 Å². The summed E-state index contributed by atoms with van der Waals surface area (Å²) in [6.07, 6.45) is -1.20. The third-order valence-electron chi connectivity index (χ3n) is 2.65. The summed E-state index contributed by atoms with van der Waals surface area (Å²) in [4.78, 5) is 26.4. The molecule has 0 fully saturated rings. The minimum atomic E-state index is -1.20. The zero-order chi connectivity index (χ0) is 16.1. The Bertz CT molecular complexity index is 706. The van der Waals surface area contributed by atoms with Crippen LogP contribution in [-0.2, 0) is 0 Å². The van der Waals surface area contributed by atoms with Gasteiger partial charge in [-0.1, -0.05) is 0 Å². The molecule has 6 nitrogen and oxygen atoms in total. The Morgan fingerprint density at radius 3 is 2.64 bits per heavy atom. The van der Waals surface area contributed by atoms with Crippen molar-refractivity contribution in [3.05, 3.63) is 41.0 Å². The Morgan fingerprint density at radius 1 is 1.23 bits per heavy atom. The highest BCUT2D eigenvalue weighted by Crippen LogP contribution is 2.30. The number of hydrogen-bond donors (Lipinski definition) is 3. The molecular formula is C13H11F2N3O3S. The summed E-state index contributed by atoms with van der Waals surface area (Å²) in [5.41, 5.74) is 1.46. The van der Waals surface area contributed by atoms with E-state index in [-0.39, 0.29) is 29.2 Å². The van der Waals surface area contributed by atoms with Crippen LogP contribution in [-0.4, -0.2) is 35.2 Å². The number of rotatable bonds is 5. The fourth-order valence-corrected chi connectivity index (χ4v) is 2.51. The highest BCUT2D eigenvalue weighted by atomic mass is 32.1. The molecule has 0 aliphatic rings. The Morgan fingerprint density at radius 2 is 1.95 bits per heavy atom. The molecule has 0 bridgehead atoms. The van der Waals surface area contributed by atoms with E-state index in [0.29, 0.717) is 0 Å². The topological polar surface area (TPSA) is 91.3 Å². The van der Waals surface area contributed by atoms with Gasteiger partial charge in [0.15, 0.2) is 0 Å². The quantitative estimate of drug-likeness (QED) is 0.733. The highest BCUT2D eigenvalue weighted by molar-refractivity contribution is 7.13. The van der Waals surface area contributed by atoms with Crippen molar-refractivity contribution in [2.75, 3.05) is 13.1 Å². The number of aromatic nitrogens is 1. The molecule has 0 radical (unpaired) electrons. The van der Waals surface area contributed by atoms with Crippen molar-refractivity contribution < 1.29 is 23.5 Å². The maximum atomic E-state index is 13.8. The number of carboxylic acid groups (broad SMARTS) is 1. The third-order valence-corrected chi connectivity index (χ3v) is 3.50. The van der Waals surface area contributed by atoms with Crippen molar-refractivity contribution in [3.63, 3.8) is 0 Å². The number of thiazole rings is 1. The second-order valence-electron chi connectivity index (χ2n) is 4.14. The van der Waals surface area contributed by atoms with Crippen molar-refractivity contribution in [3.8, 4) is 10.4 Å². The number of halogens is 2. The van der Waals surface area contributed by atoms with Crippen LogP contribution >= 0.6 is 11.3 Å². The van der Waals surface area contributed by atoms with Crippen molar-refractivity contribution in [1.29, 1.82) is 0 Å². The van der Waals surface area contributed by atoms with Gasteiger partial charge in [0.2, 0.25) is 0 Å². The lowest BCUT2D eigenvalue weighted by molar-refractivity contribution is 0.0949. The van der Waals surface area contributed by atoms with Crippen molar-refractivity contribution >= 4 is 23.3 Å². The summed E-state index contributed by atoms with van der Waals surface area (Å²) in [6.45, 7) is 0.0967. The predicted molar refractivity (Wildman–Crippen MR) is 75.8 cm³/mol. The molecule has 0 atom stereocenters. The van der Waals surface area contributed by atoms with Crippen LogP contribution in [0.5, 0.6) is 0 Å². The standard InChI is InChI=1S/C13H11F2N3O3S/c14-7-1-2-8(9(15)5-7)11-10(18-6-22-11)12(19)16-3-4-17-13(20)21/h1-2,5-6,17H,3-4H2,(H,16,19)(H,20,21). The number of carbonyl (C=O) groups excluding carboxylic acids is 1. The Balaban J connectivity index is 2.12. The number of amides is 2. The monoisotopic (exact) mass is 327 g/mol. The van der Waals surface area contributed by atoms with E-state index in [9.17, 15) is 18.4 Å². The zero-order valence-electron chi connectivity index (χ0n) is 11.1. The van der Waals surface area contributed by atoms with Gasteiger partial charge in [-0.05, 0) is 12.1 Å². The summed E-state index contributed by atoms with van der Waals surface area (Å²) >= 11 is 1.05. The summed E-state index contributed by atoms with van der Waals surface area (Å²) in [7, 11) is 0. The number of nitrogens with zero attached hydrogens (tertiary/aromatic N) is 1. The Kier molecular flexibility index (Phi) is 4.99. The van der Waals surface area contributed by atoms with Gasteiger partial charge in [-0.3, -0.25) is 4.79 Å². The molecule has 0 unspecified atom stereocenters. The van der Waals surface area contributed by atoms with Crippen LogP contribution in [0.1, 0.15) is 10.5 Å². The molecule has 1 aromatic carbocycles. The smallest absolute Gasteiger partial charge is 0.404 e. The molecule has 1 heterocycles. The van der Waals surface area contributed by atoms with Gasteiger partial charge in [0.1, 0.15) is 17.3 Å². The molecule has 0 saturated heterocycles. The van der Waals surface area contributed by atoms with E-state index in [2.05, 4.69) is 15.6 Å². The first-order chi connectivity index (χ1) is 10.5. The number of hydrogen-bond acceptors (Lipinski definition) is 4. The molecule has 0 saturated carbocycles. The van der Waals surface area contributed by atoms with E-state index < -0.39 is 23.6 Å². The summed E-state index contributed by atoms with van der Waals surface area (Å²) in [5, 5.41) is 13.0. The molecular weight excluding hydrogens is 316 g/mol. The average Bonchev–Trinajstić information content (AvgIpc) is 2.92. The average molecular weight is 327 g/mol. The van der Waals surface area contributed by atoms with Gasteiger partial charge in [0.05, 0.1) is 10.4 Å². The van der Waals surface area contributed by atoms with Gasteiger partial charge in [0, 0.05) is 24.7 Å². The third kappa shape index (κ3) is 3.76. The van der Waals surface area contributed by atoms with Crippen LogP contribution in [0.3, 0.4) is 0 Å². The van der Waals surface area contributed by atoms with E-state index in [4.69, 9.17) is 5.11 Å². The molecule has 2 amide bonds. The second-order valence-corrected chi connectivity index (χ2v) is 5.00. The summed E-state index contributed by atoms with van der Waals surface area (Å²) < 4.78 is 26.7. The van der Waals surface area contributed by atoms with Gasteiger partial charge < -0.3 is 15.7 Å². The van der Waals surface area contributed by atoms with Crippen LogP contribution in [0, 0.1) is 11.6 Å². The first kappa shape index (κ1) is 15.8. The maximum absolute atomic E-state index is 13.8. The molecule has 0 aliphatic heterocycles.